The summed E-state index contributed by atoms with van der Waals surface area (Å²) < 4.78 is 3.23. The fraction of sp³-hybridized carbons (Fsp3) is 0.471. The summed E-state index contributed by atoms with van der Waals surface area (Å²) in [6, 6.07) is 9.01. The quantitative estimate of drug-likeness (QED) is 0.847. The fourth-order valence-corrected chi connectivity index (χ4v) is 3.15. The van der Waals surface area contributed by atoms with Gasteiger partial charge in [-0.15, -0.1) is 0 Å². The molecular formula is C17H24BrN3. The van der Waals surface area contributed by atoms with Crippen LogP contribution < -0.4 is 5.32 Å². The van der Waals surface area contributed by atoms with E-state index in [1.807, 2.05) is 0 Å². The molecule has 0 saturated heterocycles. The van der Waals surface area contributed by atoms with E-state index in [0.717, 1.165) is 29.7 Å². The van der Waals surface area contributed by atoms with Crippen LogP contribution in [0.1, 0.15) is 42.4 Å². The molecule has 0 fully saturated rings. The van der Waals surface area contributed by atoms with Crippen molar-refractivity contribution in [2.45, 2.75) is 46.7 Å². The van der Waals surface area contributed by atoms with E-state index in [9.17, 15) is 0 Å². The van der Waals surface area contributed by atoms with Gasteiger partial charge in [-0.2, -0.15) is 5.10 Å². The number of likely N-dealkylation sites (N-methyl/N-ethyl adjacent to an activating group) is 1. The highest BCUT2D eigenvalue weighted by atomic mass is 79.9. The second-order valence-electron chi connectivity index (χ2n) is 5.41. The highest BCUT2D eigenvalue weighted by molar-refractivity contribution is 9.10. The predicted octanol–water partition coefficient (Wildman–Crippen LogP) is 4.18. The van der Waals surface area contributed by atoms with Crippen molar-refractivity contribution in [3.05, 3.63) is 51.3 Å². The average molecular weight is 350 g/mol. The molecule has 0 aliphatic rings. The third-order valence-electron chi connectivity index (χ3n) is 3.77. The molecule has 0 aliphatic carbocycles. The Morgan fingerprint density at radius 3 is 2.67 bits per heavy atom. The molecule has 0 radical (unpaired) electrons. The summed E-state index contributed by atoms with van der Waals surface area (Å²) in [6.07, 6.45) is 0.958. The minimum Gasteiger partial charge on any atom is -0.310 e. The standard InChI is InChI=1S/C17H24BrN3/c1-5-19-17(16-10-14(18)8-7-12(16)3)11-15-9-13(4)20-21(15)6-2/h7-10,17,19H,5-6,11H2,1-4H3. The van der Waals surface area contributed by atoms with Gasteiger partial charge in [-0.25, -0.2) is 0 Å². The number of aryl methyl sites for hydroxylation is 3. The third-order valence-corrected chi connectivity index (χ3v) is 4.26. The molecule has 1 heterocycles. The van der Waals surface area contributed by atoms with Crippen molar-refractivity contribution >= 4 is 15.9 Å². The van der Waals surface area contributed by atoms with Crippen molar-refractivity contribution in [1.82, 2.24) is 15.1 Å². The molecule has 1 N–H and O–H groups in total. The van der Waals surface area contributed by atoms with E-state index in [4.69, 9.17) is 0 Å². The molecule has 114 valence electrons. The molecule has 2 aromatic rings. The molecule has 0 spiro atoms. The second kappa shape index (κ2) is 7.23. The minimum absolute atomic E-state index is 0.314. The average Bonchev–Trinajstić information content (AvgIpc) is 2.81. The summed E-state index contributed by atoms with van der Waals surface area (Å²) in [5.74, 6) is 0. The van der Waals surface area contributed by atoms with Gasteiger partial charge in [-0.3, -0.25) is 4.68 Å². The number of hydrogen-bond acceptors (Lipinski definition) is 2. The van der Waals surface area contributed by atoms with E-state index in [1.165, 1.54) is 16.8 Å². The number of nitrogens with zero attached hydrogens (tertiary/aromatic N) is 2. The monoisotopic (exact) mass is 349 g/mol. The summed E-state index contributed by atoms with van der Waals surface area (Å²) in [5, 5.41) is 8.17. The summed E-state index contributed by atoms with van der Waals surface area (Å²) in [7, 11) is 0. The zero-order chi connectivity index (χ0) is 15.4. The van der Waals surface area contributed by atoms with E-state index in [-0.39, 0.29) is 0 Å². The number of benzene rings is 1. The molecule has 0 bridgehead atoms. The Balaban J connectivity index is 2.32. The lowest BCUT2D eigenvalue weighted by atomic mass is 9.97. The predicted molar refractivity (Wildman–Crippen MR) is 91.6 cm³/mol. The van der Waals surface area contributed by atoms with Gasteiger partial charge < -0.3 is 5.32 Å². The highest BCUT2D eigenvalue weighted by Crippen LogP contribution is 2.25. The molecule has 21 heavy (non-hydrogen) atoms. The van der Waals surface area contributed by atoms with Crippen LogP contribution in [-0.2, 0) is 13.0 Å². The van der Waals surface area contributed by atoms with E-state index in [0.29, 0.717) is 6.04 Å². The lowest BCUT2D eigenvalue weighted by Crippen LogP contribution is -2.25. The Kier molecular flexibility index (Phi) is 5.59. The second-order valence-corrected chi connectivity index (χ2v) is 6.32. The van der Waals surface area contributed by atoms with Gasteiger partial charge in [0.25, 0.3) is 0 Å². The molecule has 0 saturated carbocycles. The number of aromatic nitrogens is 2. The van der Waals surface area contributed by atoms with Crippen molar-refractivity contribution in [1.29, 1.82) is 0 Å². The molecule has 2 rings (SSSR count). The van der Waals surface area contributed by atoms with E-state index >= 15 is 0 Å². The normalized spacial score (nSPS) is 12.6. The Morgan fingerprint density at radius 2 is 2.00 bits per heavy atom. The maximum Gasteiger partial charge on any atom is 0.0596 e. The molecule has 4 heteroatoms. The van der Waals surface area contributed by atoms with Crippen LogP contribution in [0.25, 0.3) is 0 Å². The molecule has 3 nitrogen and oxygen atoms in total. The summed E-state index contributed by atoms with van der Waals surface area (Å²) in [4.78, 5) is 0. The van der Waals surface area contributed by atoms with Crippen LogP contribution in [0.2, 0.25) is 0 Å². The maximum atomic E-state index is 4.56. The van der Waals surface area contributed by atoms with Gasteiger partial charge in [-0.05, 0) is 56.6 Å². The van der Waals surface area contributed by atoms with Crippen LogP contribution in [0.3, 0.4) is 0 Å². The lowest BCUT2D eigenvalue weighted by Gasteiger charge is -2.21. The van der Waals surface area contributed by atoms with Gasteiger partial charge in [-0.1, -0.05) is 28.9 Å². The Hall–Kier alpha value is -1.13. The first kappa shape index (κ1) is 16.2. The zero-order valence-electron chi connectivity index (χ0n) is 13.3. The van der Waals surface area contributed by atoms with Gasteiger partial charge >= 0.3 is 0 Å². The topological polar surface area (TPSA) is 29.9 Å². The van der Waals surface area contributed by atoms with Crippen molar-refractivity contribution in [2.75, 3.05) is 6.54 Å². The molecule has 0 amide bonds. The first-order valence-electron chi connectivity index (χ1n) is 7.57. The minimum atomic E-state index is 0.314. The zero-order valence-corrected chi connectivity index (χ0v) is 14.9. The largest absolute Gasteiger partial charge is 0.310 e. The first-order valence-corrected chi connectivity index (χ1v) is 8.37. The van der Waals surface area contributed by atoms with Crippen molar-refractivity contribution in [3.63, 3.8) is 0 Å². The van der Waals surface area contributed by atoms with Crippen LogP contribution in [0.4, 0.5) is 0 Å². The highest BCUT2D eigenvalue weighted by Gasteiger charge is 2.16. The van der Waals surface area contributed by atoms with E-state index in [1.54, 1.807) is 0 Å². The summed E-state index contributed by atoms with van der Waals surface area (Å²) in [5.41, 5.74) is 5.06. The summed E-state index contributed by atoms with van der Waals surface area (Å²) >= 11 is 3.59. The Labute approximate surface area is 135 Å². The molecular weight excluding hydrogens is 326 g/mol. The molecule has 0 aliphatic heterocycles. The molecule has 1 aromatic carbocycles. The lowest BCUT2D eigenvalue weighted by molar-refractivity contribution is 0.514. The third kappa shape index (κ3) is 3.95. The van der Waals surface area contributed by atoms with Crippen molar-refractivity contribution < 1.29 is 0 Å². The van der Waals surface area contributed by atoms with Crippen LogP contribution in [0.15, 0.2) is 28.7 Å². The van der Waals surface area contributed by atoms with Crippen LogP contribution in [0.5, 0.6) is 0 Å². The number of rotatable bonds is 6. The SMILES string of the molecule is CCNC(Cc1cc(C)nn1CC)c1cc(Br)ccc1C. The van der Waals surface area contributed by atoms with Crippen LogP contribution in [0, 0.1) is 13.8 Å². The van der Waals surface area contributed by atoms with Gasteiger partial charge in [0.15, 0.2) is 0 Å². The molecule has 1 atom stereocenters. The number of halogens is 1. The van der Waals surface area contributed by atoms with Crippen molar-refractivity contribution in [2.24, 2.45) is 0 Å². The fourth-order valence-electron chi connectivity index (χ4n) is 2.77. The van der Waals surface area contributed by atoms with E-state index in [2.05, 4.69) is 83.0 Å². The van der Waals surface area contributed by atoms with Gasteiger partial charge in [0, 0.05) is 29.2 Å². The smallest absolute Gasteiger partial charge is 0.0596 e. The van der Waals surface area contributed by atoms with Gasteiger partial charge in [0.1, 0.15) is 0 Å². The molecule has 1 aromatic heterocycles. The molecule has 1 unspecified atom stereocenters. The van der Waals surface area contributed by atoms with Crippen LogP contribution in [-0.4, -0.2) is 16.3 Å². The van der Waals surface area contributed by atoms with Gasteiger partial charge in [0.2, 0.25) is 0 Å². The maximum absolute atomic E-state index is 4.56. The number of nitrogens with one attached hydrogen (secondary N) is 1. The first-order chi connectivity index (χ1) is 10.0. The number of hydrogen-bond donors (Lipinski definition) is 1. The Bertz CT molecular complexity index is 604. The van der Waals surface area contributed by atoms with Gasteiger partial charge in [0.05, 0.1) is 5.69 Å². The van der Waals surface area contributed by atoms with Crippen molar-refractivity contribution in [3.8, 4) is 0 Å². The van der Waals surface area contributed by atoms with E-state index < -0.39 is 0 Å². The Morgan fingerprint density at radius 1 is 1.24 bits per heavy atom. The van der Waals surface area contributed by atoms with Crippen LogP contribution >= 0.6 is 15.9 Å². The summed E-state index contributed by atoms with van der Waals surface area (Å²) in [6.45, 7) is 10.4.